The predicted octanol–water partition coefficient (Wildman–Crippen LogP) is 4.01. The maximum absolute atomic E-state index is 5.76. The van der Waals surface area contributed by atoms with Crippen molar-refractivity contribution in [3.63, 3.8) is 0 Å². The molecular formula is C15H17NO. The minimum Gasteiger partial charge on any atom is -0.457 e. The molecule has 0 aliphatic carbocycles. The first kappa shape index (κ1) is 11.5. The van der Waals surface area contributed by atoms with Crippen LogP contribution in [0.1, 0.15) is 18.9 Å². The molecule has 0 saturated heterocycles. The van der Waals surface area contributed by atoms with E-state index < -0.39 is 0 Å². The Bertz CT molecular complexity index is 477. The van der Waals surface area contributed by atoms with Crippen molar-refractivity contribution in [1.82, 2.24) is 0 Å². The van der Waals surface area contributed by atoms with Crippen molar-refractivity contribution in [3.8, 4) is 11.5 Å². The van der Waals surface area contributed by atoms with Crippen LogP contribution in [-0.4, -0.2) is 0 Å². The molecule has 2 aromatic rings. The third kappa shape index (κ3) is 3.25. The second-order valence-electron chi connectivity index (χ2n) is 4.07. The monoisotopic (exact) mass is 227 g/mol. The Morgan fingerprint density at radius 2 is 1.76 bits per heavy atom. The van der Waals surface area contributed by atoms with E-state index in [0.717, 1.165) is 30.0 Å². The number of hydrogen-bond donors (Lipinski definition) is 1. The summed E-state index contributed by atoms with van der Waals surface area (Å²) in [6, 6.07) is 15.6. The van der Waals surface area contributed by atoms with Crippen LogP contribution in [0, 0.1) is 0 Å². The average Bonchev–Trinajstić information content (AvgIpc) is 2.33. The number of nitrogens with two attached hydrogens (primary N) is 1. The summed E-state index contributed by atoms with van der Waals surface area (Å²) in [4.78, 5) is 0. The van der Waals surface area contributed by atoms with E-state index in [1.54, 1.807) is 0 Å². The predicted molar refractivity (Wildman–Crippen MR) is 71.4 cm³/mol. The SMILES string of the molecule is CCCc1cccc(Oc2ccc(N)cc2)c1. The second-order valence-corrected chi connectivity index (χ2v) is 4.07. The van der Waals surface area contributed by atoms with Crippen molar-refractivity contribution in [2.45, 2.75) is 19.8 Å². The summed E-state index contributed by atoms with van der Waals surface area (Å²) < 4.78 is 5.76. The lowest BCUT2D eigenvalue weighted by Gasteiger charge is -2.07. The molecule has 2 heteroatoms. The van der Waals surface area contributed by atoms with Crippen LogP contribution in [0.3, 0.4) is 0 Å². The van der Waals surface area contributed by atoms with Gasteiger partial charge in [0, 0.05) is 5.69 Å². The van der Waals surface area contributed by atoms with Gasteiger partial charge in [-0.15, -0.1) is 0 Å². The molecule has 0 heterocycles. The Morgan fingerprint density at radius 3 is 2.47 bits per heavy atom. The Balaban J connectivity index is 2.12. The molecule has 0 fully saturated rings. The van der Waals surface area contributed by atoms with E-state index in [1.807, 2.05) is 36.4 Å². The highest BCUT2D eigenvalue weighted by Crippen LogP contribution is 2.23. The summed E-state index contributed by atoms with van der Waals surface area (Å²) in [5.41, 5.74) is 7.68. The first-order valence-corrected chi connectivity index (χ1v) is 5.90. The van der Waals surface area contributed by atoms with Crippen LogP contribution in [0.4, 0.5) is 5.69 Å². The number of aryl methyl sites for hydroxylation is 1. The van der Waals surface area contributed by atoms with Gasteiger partial charge < -0.3 is 10.5 Å². The second kappa shape index (κ2) is 5.39. The van der Waals surface area contributed by atoms with Crippen LogP contribution in [0.5, 0.6) is 11.5 Å². The molecule has 0 unspecified atom stereocenters. The molecule has 0 spiro atoms. The summed E-state index contributed by atoms with van der Waals surface area (Å²) in [7, 11) is 0. The van der Waals surface area contributed by atoms with E-state index in [9.17, 15) is 0 Å². The Labute approximate surface area is 102 Å². The highest BCUT2D eigenvalue weighted by molar-refractivity contribution is 5.43. The molecule has 17 heavy (non-hydrogen) atoms. The first-order valence-electron chi connectivity index (χ1n) is 5.90. The molecule has 2 nitrogen and oxygen atoms in total. The Morgan fingerprint density at radius 1 is 1.00 bits per heavy atom. The fourth-order valence-corrected chi connectivity index (χ4v) is 1.73. The fourth-order valence-electron chi connectivity index (χ4n) is 1.73. The summed E-state index contributed by atoms with van der Waals surface area (Å²) in [5.74, 6) is 1.69. The molecule has 0 aliphatic heterocycles. The zero-order chi connectivity index (χ0) is 12.1. The van der Waals surface area contributed by atoms with Crippen molar-refractivity contribution in [3.05, 3.63) is 54.1 Å². The van der Waals surface area contributed by atoms with Gasteiger partial charge in [-0.1, -0.05) is 25.5 Å². The van der Waals surface area contributed by atoms with Crippen LogP contribution < -0.4 is 10.5 Å². The van der Waals surface area contributed by atoms with Gasteiger partial charge in [-0.05, 0) is 48.4 Å². The average molecular weight is 227 g/mol. The van der Waals surface area contributed by atoms with Crippen LogP contribution in [0.25, 0.3) is 0 Å². The topological polar surface area (TPSA) is 35.2 Å². The summed E-state index contributed by atoms with van der Waals surface area (Å²) in [6.45, 7) is 2.17. The van der Waals surface area contributed by atoms with Crippen LogP contribution in [0.15, 0.2) is 48.5 Å². The minimum atomic E-state index is 0.747. The highest BCUT2D eigenvalue weighted by Gasteiger charge is 1.98. The molecule has 2 N–H and O–H groups in total. The van der Waals surface area contributed by atoms with Gasteiger partial charge in [-0.2, -0.15) is 0 Å². The molecule has 88 valence electrons. The van der Waals surface area contributed by atoms with Gasteiger partial charge in [0.05, 0.1) is 0 Å². The lowest BCUT2D eigenvalue weighted by molar-refractivity contribution is 0.482. The molecular weight excluding hydrogens is 210 g/mol. The van der Waals surface area contributed by atoms with Gasteiger partial charge in [-0.25, -0.2) is 0 Å². The van der Waals surface area contributed by atoms with E-state index in [4.69, 9.17) is 10.5 Å². The van der Waals surface area contributed by atoms with E-state index >= 15 is 0 Å². The number of hydrogen-bond acceptors (Lipinski definition) is 2. The number of rotatable bonds is 4. The standard InChI is InChI=1S/C15H17NO/c1-2-4-12-5-3-6-15(11-12)17-14-9-7-13(16)8-10-14/h3,5-11H,2,4,16H2,1H3. The van der Waals surface area contributed by atoms with Gasteiger partial charge >= 0.3 is 0 Å². The molecule has 0 aromatic heterocycles. The van der Waals surface area contributed by atoms with Gasteiger partial charge in [0.1, 0.15) is 11.5 Å². The smallest absolute Gasteiger partial charge is 0.127 e. The molecule has 0 radical (unpaired) electrons. The number of benzene rings is 2. The van der Waals surface area contributed by atoms with E-state index in [0.29, 0.717) is 0 Å². The van der Waals surface area contributed by atoms with E-state index in [-0.39, 0.29) is 0 Å². The van der Waals surface area contributed by atoms with E-state index in [2.05, 4.69) is 19.1 Å². The molecule has 0 saturated carbocycles. The van der Waals surface area contributed by atoms with Crippen LogP contribution in [0.2, 0.25) is 0 Å². The fraction of sp³-hybridized carbons (Fsp3) is 0.200. The van der Waals surface area contributed by atoms with E-state index in [1.165, 1.54) is 5.56 Å². The highest BCUT2D eigenvalue weighted by atomic mass is 16.5. The minimum absolute atomic E-state index is 0.747. The van der Waals surface area contributed by atoms with Gasteiger partial charge in [0.25, 0.3) is 0 Å². The molecule has 2 rings (SSSR count). The van der Waals surface area contributed by atoms with Gasteiger partial charge in [0.2, 0.25) is 0 Å². The van der Waals surface area contributed by atoms with Crippen LogP contribution in [-0.2, 0) is 6.42 Å². The quantitative estimate of drug-likeness (QED) is 0.801. The first-order chi connectivity index (χ1) is 8.28. The van der Waals surface area contributed by atoms with Gasteiger partial charge in [-0.3, -0.25) is 0 Å². The Kier molecular flexibility index (Phi) is 3.66. The van der Waals surface area contributed by atoms with Crippen LogP contribution >= 0.6 is 0 Å². The zero-order valence-corrected chi connectivity index (χ0v) is 10.0. The maximum atomic E-state index is 5.76. The molecule has 0 atom stereocenters. The van der Waals surface area contributed by atoms with Crippen molar-refractivity contribution in [2.75, 3.05) is 5.73 Å². The lowest BCUT2D eigenvalue weighted by atomic mass is 10.1. The van der Waals surface area contributed by atoms with Crippen molar-refractivity contribution in [2.24, 2.45) is 0 Å². The maximum Gasteiger partial charge on any atom is 0.127 e. The molecule has 2 aromatic carbocycles. The van der Waals surface area contributed by atoms with Crippen molar-refractivity contribution in [1.29, 1.82) is 0 Å². The van der Waals surface area contributed by atoms with Crippen molar-refractivity contribution < 1.29 is 4.74 Å². The van der Waals surface area contributed by atoms with Gasteiger partial charge in [0.15, 0.2) is 0 Å². The summed E-state index contributed by atoms with van der Waals surface area (Å²) >= 11 is 0. The number of nitrogen functional groups attached to an aromatic ring is 1. The Hall–Kier alpha value is -1.96. The molecule has 0 amide bonds. The molecule has 0 aliphatic rings. The summed E-state index contributed by atoms with van der Waals surface area (Å²) in [6.07, 6.45) is 2.23. The normalized spacial score (nSPS) is 10.2. The lowest BCUT2D eigenvalue weighted by Crippen LogP contribution is -1.88. The van der Waals surface area contributed by atoms with Crippen molar-refractivity contribution >= 4 is 5.69 Å². The molecule has 0 bridgehead atoms. The number of ether oxygens (including phenoxy) is 1. The third-order valence-electron chi connectivity index (χ3n) is 2.55. The number of anilines is 1. The zero-order valence-electron chi connectivity index (χ0n) is 10.0. The summed E-state index contributed by atoms with van der Waals surface area (Å²) in [5, 5.41) is 0. The third-order valence-corrected chi connectivity index (χ3v) is 2.55. The largest absolute Gasteiger partial charge is 0.457 e.